The third-order valence-electron chi connectivity index (χ3n) is 13.4. The quantitative estimate of drug-likeness (QED) is 0.0390. The van der Waals surface area contributed by atoms with Crippen LogP contribution in [0.4, 0.5) is 0 Å². The van der Waals surface area contributed by atoms with Crippen LogP contribution in [-0.2, 0) is 79.4 Å². The van der Waals surface area contributed by atoms with E-state index in [1.807, 2.05) is 121 Å². The maximum atomic E-state index is 15.2. The van der Waals surface area contributed by atoms with E-state index in [4.69, 9.17) is 47.1 Å². The lowest BCUT2D eigenvalue weighted by Crippen LogP contribution is -2.74. The van der Waals surface area contributed by atoms with Crippen LogP contribution in [0, 0.1) is 0 Å². The van der Waals surface area contributed by atoms with Crippen LogP contribution in [0.2, 0.25) is 5.04 Å². The van der Waals surface area contributed by atoms with E-state index < -0.39 is 117 Å². The van der Waals surface area contributed by atoms with Crippen LogP contribution < -0.4 is 10.4 Å². The first-order chi connectivity index (χ1) is 36.5. The first-order valence-corrected chi connectivity index (χ1v) is 27.0. The Bertz CT molecular complexity index is 2740. The third-order valence-corrected chi connectivity index (χ3v) is 18.4. The van der Waals surface area contributed by atoms with Gasteiger partial charge in [-0.2, -0.15) is 0 Å². The Morgan fingerprint density at radius 2 is 0.961 bits per heavy atom. The molecule has 2 amide bonds. The van der Waals surface area contributed by atoms with Crippen molar-refractivity contribution in [3.8, 4) is 0 Å². The highest BCUT2D eigenvalue weighted by molar-refractivity contribution is 6.99. The van der Waals surface area contributed by atoms with Crippen LogP contribution in [0.5, 0.6) is 0 Å². The zero-order valence-electron chi connectivity index (χ0n) is 43.4. The maximum absolute atomic E-state index is 15.2. The van der Waals surface area contributed by atoms with Gasteiger partial charge in [-0.25, -0.2) is 0 Å². The van der Waals surface area contributed by atoms with Gasteiger partial charge in [0, 0.05) is 27.7 Å². The Balaban J connectivity index is 1.35. The summed E-state index contributed by atoms with van der Waals surface area (Å²) in [5.41, 5.74) is 1.83. The molecule has 0 spiro atoms. The van der Waals surface area contributed by atoms with E-state index in [9.17, 15) is 19.2 Å². The molecule has 0 radical (unpaired) electrons. The molecule has 400 valence electrons. The molecule has 2 fully saturated rings. The van der Waals surface area contributed by atoms with Crippen molar-refractivity contribution in [3.63, 3.8) is 0 Å². The molecule has 76 heavy (non-hydrogen) atoms. The number of carbonyl (C=O) groups excluding carboxylic acids is 6. The predicted octanol–water partition coefficient (Wildman–Crippen LogP) is 6.22. The van der Waals surface area contributed by atoms with Crippen molar-refractivity contribution >= 4 is 54.4 Å². The smallest absolute Gasteiger partial charge is 0.303 e. The van der Waals surface area contributed by atoms with Crippen LogP contribution in [0.15, 0.2) is 146 Å². The number of rotatable bonds is 19. The molecule has 3 heterocycles. The third kappa shape index (κ3) is 12.3. The summed E-state index contributed by atoms with van der Waals surface area (Å²) in [6.07, 6.45) is -13.5. The van der Waals surface area contributed by atoms with Gasteiger partial charge in [0.2, 0.25) is 0 Å². The summed E-state index contributed by atoms with van der Waals surface area (Å²) in [4.78, 5) is 82.6. The summed E-state index contributed by atoms with van der Waals surface area (Å²) < 4.78 is 65.2. The number of esters is 4. The van der Waals surface area contributed by atoms with Gasteiger partial charge in [-0.3, -0.25) is 33.7 Å². The molecule has 0 bridgehead atoms. The lowest BCUT2D eigenvalue weighted by Gasteiger charge is -2.53. The summed E-state index contributed by atoms with van der Waals surface area (Å²) >= 11 is 0. The van der Waals surface area contributed by atoms with Crippen molar-refractivity contribution in [2.75, 3.05) is 13.2 Å². The molecule has 0 aliphatic carbocycles. The number of hydrogen-bond donors (Lipinski definition) is 0. The van der Waals surface area contributed by atoms with E-state index in [-0.39, 0.29) is 30.9 Å². The normalized spacial score (nSPS) is 24.5. The second-order valence-electron chi connectivity index (χ2n) is 19.8. The number of benzene rings is 5. The number of ether oxygens (including phenoxy) is 9. The maximum Gasteiger partial charge on any atom is 0.303 e. The molecule has 8 rings (SSSR count). The van der Waals surface area contributed by atoms with E-state index in [1.54, 1.807) is 24.3 Å². The molecule has 0 N–H and O–H groups in total. The van der Waals surface area contributed by atoms with E-state index >= 15 is 9.59 Å². The molecule has 3 aliphatic heterocycles. The van der Waals surface area contributed by atoms with E-state index in [2.05, 4.69) is 20.8 Å². The summed E-state index contributed by atoms with van der Waals surface area (Å²) in [5.74, 6) is -4.54. The van der Waals surface area contributed by atoms with Crippen molar-refractivity contribution in [2.24, 2.45) is 0 Å². The Hall–Kier alpha value is -6.90. The number of fused-ring (bicyclic) bond motifs is 1. The molecule has 3 aliphatic rings. The first kappa shape index (κ1) is 55.3. The molecule has 0 aromatic heterocycles. The second-order valence-corrected chi connectivity index (χ2v) is 24.0. The number of carbonyl (C=O) groups is 6. The molecule has 10 atom stereocenters. The van der Waals surface area contributed by atoms with Crippen molar-refractivity contribution in [1.82, 2.24) is 4.90 Å². The standard InChI is InChI=1S/C58H63NO16Si/c1-36(60)67-35-47-50(69-37(2)61)52(70-38(3)62)53(71-39(4)63)57(73-47)74-49-46(34-66-32-40-22-12-8-13-23-40)72-56(75-76(58(5,6)7,42-26-16-10-17-27-42)43-28-18-11-19-29-43)48(51(49)68-33-41-24-14-9-15-25-41)59-54(64)44-30-20-21-31-45(44)55(59)65/h8-31,46-53,56-57H,32-35H2,1-7H3/t46-,47-,48-,49-,50+,51-,52+,53-,56+,57+/m1/s1. The summed E-state index contributed by atoms with van der Waals surface area (Å²) in [7, 11) is -3.68. The molecule has 17 nitrogen and oxygen atoms in total. The van der Waals surface area contributed by atoms with Crippen LogP contribution in [0.1, 0.15) is 80.3 Å². The summed E-state index contributed by atoms with van der Waals surface area (Å²) in [6, 6.07) is 43.2. The minimum atomic E-state index is -3.68. The highest BCUT2D eigenvalue weighted by atomic mass is 28.4. The number of amides is 2. The van der Waals surface area contributed by atoms with Crippen molar-refractivity contribution in [2.45, 2.75) is 128 Å². The predicted molar refractivity (Wildman–Crippen MR) is 276 cm³/mol. The molecule has 18 heteroatoms. The van der Waals surface area contributed by atoms with Gasteiger partial charge in [-0.15, -0.1) is 0 Å². The number of nitrogens with zero attached hydrogens (tertiary/aromatic N) is 1. The minimum Gasteiger partial charge on any atom is -0.463 e. The van der Waals surface area contributed by atoms with Crippen LogP contribution >= 0.6 is 0 Å². The zero-order valence-corrected chi connectivity index (χ0v) is 44.4. The van der Waals surface area contributed by atoms with Crippen molar-refractivity contribution in [3.05, 3.63) is 168 Å². The number of hydrogen-bond acceptors (Lipinski definition) is 16. The van der Waals surface area contributed by atoms with Crippen LogP contribution in [0.3, 0.4) is 0 Å². The first-order valence-electron chi connectivity index (χ1n) is 25.1. The van der Waals surface area contributed by atoms with Gasteiger partial charge in [0.15, 0.2) is 30.9 Å². The fraction of sp³-hybridized carbons (Fsp3) is 0.379. The molecule has 0 unspecified atom stereocenters. The molecule has 5 aromatic carbocycles. The average molecular weight is 1060 g/mol. The van der Waals surface area contributed by atoms with Gasteiger partial charge in [-0.1, -0.05) is 154 Å². The van der Waals surface area contributed by atoms with Crippen molar-refractivity contribution in [1.29, 1.82) is 0 Å². The zero-order chi connectivity index (χ0) is 54.1. The Kier molecular flexibility index (Phi) is 17.8. The second kappa shape index (κ2) is 24.4. The largest absolute Gasteiger partial charge is 0.463 e. The molecule has 0 saturated carbocycles. The van der Waals surface area contributed by atoms with Crippen molar-refractivity contribution < 1.29 is 75.8 Å². The van der Waals surface area contributed by atoms with Crippen LogP contribution in [-0.4, -0.2) is 123 Å². The Labute approximate surface area is 442 Å². The highest BCUT2D eigenvalue weighted by Gasteiger charge is 2.62. The van der Waals surface area contributed by atoms with Gasteiger partial charge in [-0.05, 0) is 38.7 Å². The van der Waals surface area contributed by atoms with E-state index in [0.717, 1.165) is 41.6 Å². The fourth-order valence-electron chi connectivity index (χ4n) is 10.2. The summed E-state index contributed by atoms with van der Waals surface area (Å²) in [6.45, 7) is 10.00. The van der Waals surface area contributed by atoms with Gasteiger partial charge in [0.05, 0.1) is 30.9 Å². The lowest BCUT2D eigenvalue weighted by atomic mass is 9.94. The van der Waals surface area contributed by atoms with Crippen LogP contribution in [0.25, 0.3) is 0 Å². The van der Waals surface area contributed by atoms with E-state index in [0.29, 0.717) is 5.56 Å². The van der Waals surface area contributed by atoms with Gasteiger partial charge < -0.3 is 47.1 Å². The average Bonchev–Trinajstić information content (AvgIpc) is 3.84. The highest BCUT2D eigenvalue weighted by Crippen LogP contribution is 2.43. The monoisotopic (exact) mass is 1060 g/mol. The molecule has 2 saturated heterocycles. The Morgan fingerprint density at radius 3 is 1.46 bits per heavy atom. The van der Waals surface area contributed by atoms with Gasteiger partial charge >= 0.3 is 23.9 Å². The molecule has 5 aromatic rings. The van der Waals surface area contributed by atoms with E-state index in [1.165, 1.54) is 6.92 Å². The molecular formula is C58H63NO16Si. The Morgan fingerprint density at radius 1 is 0.513 bits per heavy atom. The van der Waals surface area contributed by atoms with Gasteiger partial charge in [0.25, 0.3) is 20.1 Å². The SMILES string of the molecule is CC(=O)OC[C@H]1O[C@@H](O[C@H]2[C@H](OCc3ccccc3)[C@@H](N3C(=O)c4ccccc4C3=O)[C@H](O[Si](c3ccccc3)(c3ccccc3)C(C)(C)C)O[C@@H]2COCc2ccccc2)[C@H](OC(C)=O)[C@@H](OC(C)=O)[C@H]1OC(C)=O. The topological polar surface area (TPSA) is 198 Å². The number of imide groups is 1. The lowest BCUT2D eigenvalue weighted by molar-refractivity contribution is -0.352. The molecular weight excluding hydrogens is 995 g/mol. The minimum absolute atomic E-state index is 0.101. The van der Waals surface area contributed by atoms with Gasteiger partial charge in [0.1, 0.15) is 37.1 Å². The fourth-order valence-corrected chi connectivity index (χ4v) is 14.7. The summed E-state index contributed by atoms with van der Waals surface area (Å²) in [5, 5.41) is 1.08.